The Morgan fingerprint density at radius 2 is 2.00 bits per heavy atom. The number of unbranched alkanes of at least 4 members (excludes halogenated alkanes) is 2. The Balaban J connectivity index is 1.69. The van der Waals surface area contributed by atoms with Crippen molar-refractivity contribution in [3.8, 4) is 5.75 Å². The van der Waals surface area contributed by atoms with E-state index in [0.717, 1.165) is 42.1 Å². The predicted octanol–water partition coefficient (Wildman–Crippen LogP) is 4.72. The summed E-state index contributed by atoms with van der Waals surface area (Å²) in [6, 6.07) is 8.08. The van der Waals surface area contributed by atoms with Crippen molar-refractivity contribution in [1.82, 2.24) is 9.78 Å². The summed E-state index contributed by atoms with van der Waals surface area (Å²) in [4.78, 5) is 4.72. The quantitative estimate of drug-likeness (QED) is 0.627. The van der Waals surface area contributed by atoms with Crippen molar-refractivity contribution < 1.29 is 9.47 Å². The largest absolute Gasteiger partial charge is 0.494 e. The van der Waals surface area contributed by atoms with Gasteiger partial charge in [0.2, 0.25) is 5.90 Å². The SMILES string of the molecule is CCCCCOc1ccc(C2COC(c3c(Cl)c(CC)nn3C)=N2)cc1. The zero-order valence-corrected chi connectivity index (χ0v) is 16.4. The van der Waals surface area contributed by atoms with E-state index in [4.69, 9.17) is 26.1 Å². The van der Waals surface area contributed by atoms with Crippen LogP contribution in [-0.4, -0.2) is 28.9 Å². The van der Waals surface area contributed by atoms with Crippen molar-refractivity contribution in [2.75, 3.05) is 13.2 Å². The van der Waals surface area contributed by atoms with Gasteiger partial charge in [0.1, 0.15) is 24.1 Å². The van der Waals surface area contributed by atoms with Crippen LogP contribution in [0.1, 0.15) is 56.1 Å². The number of ether oxygens (including phenoxy) is 2. The monoisotopic (exact) mass is 375 g/mol. The molecule has 0 fully saturated rings. The summed E-state index contributed by atoms with van der Waals surface area (Å²) in [6.07, 6.45) is 4.27. The minimum Gasteiger partial charge on any atom is -0.494 e. The van der Waals surface area contributed by atoms with E-state index in [-0.39, 0.29) is 6.04 Å². The lowest BCUT2D eigenvalue weighted by Crippen LogP contribution is -2.08. The van der Waals surface area contributed by atoms with Crippen molar-refractivity contribution in [2.24, 2.45) is 12.0 Å². The lowest BCUT2D eigenvalue weighted by Gasteiger charge is -2.08. The van der Waals surface area contributed by atoms with Crippen LogP contribution in [-0.2, 0) is 18.2 Å². The molecule has 0 N–H and O–H groups in total. The van der Waals surface area contributed by atoms with Gasteiger partial charge in [-0.2, -0.15) is 5.10 Å². The smallest absolute Gasteiger partial charge is 0.237 e. The molecule has 0 radical (unpaired) electrons. The molecular formula is C20H26ClN3O2. The number of rotatable bonds is 8. The van der Waals surface area contributed by atoms with Gasteiger partial charge in [-0.3, -0.25) is 4.68 Å². The molecule has 0 saturated heterocycles. The minimum atomic E-state index is -0.0322. The summed E-state index contributed by atoms with van der Waals surface area (Å²) < 4.78 is 13.3. The number of aliphatic imine (C=N–C) groups is 1. The van der Waals surface area contributed by atoms with Crippen LogP contribution in [0.5, 0.6) is 5.75 Å². The Morgan fingerprint density at radius 3 is 2.65 bits per heavy atom. The van der Waals surface area contributed by atoms with Crippen LogP contribution in [0, 0.1) is 0 Å². The fraction of sp³-hybridized carbons (Fsp3) is 0.500. The fourth-order valence-electron chi connectivity index (χ4n) is 3.01. The van der Waals surface area contributed by atoms with Gasteiger partial charge in [-0.1, -0.05) is 50.4 Å². The summed E-state index contributed by atoms with van der Waals surface area (Å²) in [5.41, 5.74) is 2.72. The van der Waals surface area contributed by atoms with Crippen LogP contribution in [0.3, 0.4) is 0 Å². The average Bonchev–Trinajstić information content (AvgIpc) is 3.23. The number of hydrogen-bond donors (Lipinski definition) is 0. The van der Waals surface area contributed by atoms with E-state index in [1.807, 2.05) is 26.1 Å². The number of benzene rings is 1. The summed E-state index contributed by atoms with van der Waals surface area (Å²) in [5.74, 6) is 1.46. The van der Waals surface area contributed by atoms with Crippen LogP contribution in [0.2, 0.25) is 5.02 Å². The first kappa shape index (κ1) is 18.8. The molecule has 0 bridgehead atoms. The highest BCUT2D eigenvalue weighted by Gasteiger charge is 2.27. The van der Waals surface area contributed by atoms with Crippen molar-refractivity contribution in [2.45, 2.75) is 45.6 Å². The lowest BCUT2D eigenvalue weighted by atomic mass is 10.1. The Morgan fingerprint density at radius 1 is 1.23 bits per heavy atom. The molecule has 3 rings (SSSR count). The normalized spacial score (nSPS) is 16.5. The Hall–Kier alpha value is -2.01. The van der Waals surface area contributed by atoms with E-state index in [0.29, 0.717) is 17.5 Å². The molecule has 2 heterocycles. The highest BCUT2D eigenvalue weighted by molar-refractivity contribution is 6.34. The molecule has 1 aromatic heterocycles. The number of halogens is 1. The van der Waals surface area contributed by atoms with Gasteiger partial charge < -0.3 is 9.47 Å². The van der Waals surface area contributed by atoms with E-state index in [1.165, 1.54) is 12.8 Å². The molecule has 0 aliphatic carbocycles. The Labute approximate surface area is 160 Å². The van der Waals surface area contributed by atoms with Gasteiger partial charge in [-0.25, -0.2) is 4.99 Å². The molecule has 5 nitrogen and oxygen atoms in total. The molecule has 1 aliphatic heterocycles. The summed E-state index contributed by atoms with van der Waals surface area (Å²) in [7, 11) is 1.87. The van der Waals surface area contributed by atoms with Crippen LogP contribution in [0.25, 0.3) is 0 Å². The van der Waals surface area contributed by atoms with E-state index < -0.39 is 0 Å². The third-order valence-corrected chi connectivity index (χ3v) is 4.92. The molecule has 1 unspecified atom stereocenters. The maximum Gasteiger partial charge on any atom is 0.237 e. The fourth-order valence-corrected chi connectivity index (χ4v) is 3.39. The first-order valence-corrected chi connectivity index (χ1v) is 9.66. The van der Waals surface area contributed by atoms with Gasteiger partial charge >= 0.3 is 0 Å². The molecule has 2 aromatic rings. The van der Waals surface area contributed by atoms with Crippen molar-refractivity contribution in [1.29, 1.82) is 0 Å². The van der Waals surface area contributed by atoms with Crippen LogP contribution in [0.4, 0.5) is 0 Å². The first-order valence-electron chi connectivity index (χ1n) is 9.29. The predicted molar refractivity (Wildman–Crippen MR) is 104 cm³/mol. The lowest BCUT2D eigenvalue weighted by molar-refractivity contribution is 0.305. The van der Waals surface area contributed by atoms with Gasteiger partial charge in [0.05, 0.1) is 17.3 Å². The molecule has 6 heteroatoms. The minimum absolute atomic E-state index is 0.0322. The highest BCUT2D eigenvalue weighted by atomic mass is 35.5. The second-order valence-electron chi connectivity index (χ2n) is 6.47. The molecule has 1 aromatic carbocycles. The number of aryl methyl sites for hydroxylation is 2. The first-order chi connectivity index (χ1) is 12.6. The highest BCUT2D eigenvalue weighted by Crippen LogP contribution is 2.30. The molecule has 1 atom stereocenters. The summed E-state index contributed by atoms with van der Waals surface area (Å²) >= 11 is 6.43. The van der Waals surface area contributed by atoms with Crippen LogP contribution >= 0.6 is 11.6 Å². The van der Waals surface area contributed by atoms with Crippen LogP contribution < -0.4 is 4.74 Å². The average molecular weight is 376 g/mol. The van der Waals surface area contributed by atoms with Crippen LogP contribution in [0.15, 0.2) is 29.3 Å². The summed E-state index contributed by atoms with van der Waals surface area (Å²) in [5, 5.41) is 5.06. The van der Waals surface area contributed by atoms with E-state index in [2.05, 4.69) is 24.2 Å². The molecule has 140 valence electrons. The molecule has 0 spiro atoms. The number of nitrogens with zero attached hydrogens (tertiary/aromatic N) is 3. The zero-order valence-electron chi connectivity index (χ0n) is 15.7. The van der Waals surface area contributed by atoms with E-state index in [9.17, 15) is 0 Å². The van der Waals surface area contributed by atoms with E-state index in [1.54, 1.807) is 4.68 Å². The Kier molecular flexibility index (Phi) is 6.20. The van der Waals surface area contributed by atoms with E-state index >= 15 is 0 Å². The second-order valence-corrected chi connectivity index (χ2v) is 6.85. The van der Waals surface area contributed by atoms with Gasteiger partial charge in [0, 0.05) is 7.05 Å². The molecule has 0 amide bonds. The maximum atomic E-state index is 6.43. The second kappa shape index (κ2) is 8.58. The maximum absolute atomic E-state index is 6.43. The van der Waals surface area contributed by atoms with Crippen molar-refractivity contribution >= 4 is 17.5 Å². The van der Waals surface area contributed by atoms with Gasteiger partial charge in [-0.15, -0.1) is 0 Å². The Bertz CT molecular complexity index is 768. The molecule has 1 aliphatic rings. The molecule has 26 heavy (non-hydrogen) atoms. The third-order valence-electron chi connectivity index (χ3n) is 4.53. The van der Waals surface area contributed by atoms with Crippen molar-refractivity contribution in [3.63, 3.8) is 0 Å². The van der Waals surface area contributed by atoms with Gasteiger partial charge in [0.15, 0.2) is 0 Å². The standard InChI is InChI=1S/C20H26ClN3O2/c1-4-6-7-12-25-15-10-8-14(9-11-15)17-13-26-20(22-17)19-18(21)16(5-2)23-24(19)3/h8-11,17H,4-7,12-13H2,1-3H3. The van der Waals surface area contributed by atoms with Gasteiger partial charge in [-0.05, 0) is 30.5 Å². The summed E-state index contributed by atoms with van der Waals surface area (Å²) in [6.45, 7) is 5.49. The topological polar surface area (TPSA) is 48.6 Å². The van der Waals surface area contributed by atoms with Crippen molar-refractivity contribution in [3.05, 3.63) is 46.2 Å². The zero-order chi connectivity index (χ0) is 18.5. The molecule has 0 saturated carbocycles. The van der Waals surface area contributed by atoms with Gasteiger partial charge in [0.25, 0.3) is 0 Å². The third kappa shape index (κ3) is 4.04. The number of aromatic nitrogens is 2. The number of hydrogen-bond acceptors (Lipinski definition) is 4. The molecular weight excluding hydrogens is 350 g/mol.